The summed E-state index contributed by atoms with van der Waals surface area (Å²) in [7, 11) is 0. The highest BCUT2D eigenvalue weighted by atomic mass is 35.5. The van der Waals surface area contributed by atoms with Crippen LogP contribution in [0.3, 0.4) is 0 Å². The summed E-state index contributed by atoms with van der Waals surface area (Å²) in [5, 5.41) is 0.979. The number of para-hydroxylation sites is 2. The fourth-order valence-corrected chi connectivity index (χ4v) is 4.09. The second kappa shape index (κ2) is 8.20. The molecule has 5 rings (SSSR count). The molecule has 0 saturated carbocycles. The average Bonchev–Trinajstić information content (AvgIpc) is 2.79. The SMILES string of the molecule is O=C([C@H]1COc2ccccc2O1)N1CCN(Cc2nc3ccc(Cl)cc3c(=O)[nH]2)CC1. The molecule has 1 atom stereocenters. The molecule has 3 aromatic rings. The molecule has 1 amide bonds. The van der Waals surface area contributed by atoms with Crippen LogP contribution < -0.4 is 15.0 Å². The first-order valence-electron chi connectivity index (χ1n) is 10.1. The molecule has 3 heterocycles. The zero-order valence-corrected chi connectivity index (χ0v) is 17.5. The van der Waals surface area contributed by atoms with Crippen LogP contribution in [0, 0.1) is 0 Å². The Morgan fingerprint density at radius 2 is 1.90 bits per heavy atom. The number of piperazine rings is 1. The van der Waals surface area contributed by atoms with E-state index in [1.54, 1.807) is 29.2 Å². The molecule has 8 nitrogen and oxygen atoms in total. The molecule has 0 bridgehead atoms. The molecule has 0 unspecified atom stereocenters. The Bertz CT molecular complexity index is 1190. The van der Waals surface area contributed by atoms with Gasteiger partial charge in [-0.25, -0.2) is 4.98 Å². The van der Waals surface area contributed by atoms with E-state index >= 15 is 0 Å². The van der Waals surface area contributed by atoms with Crippen molar-refractivity contribution in [3.8, 4) is 11.5 Å². The minimum Gasteiger partial charge on any atom is -0.485 e. The summed E-state index contributed by atoms with van der Waals surface area (Å²) in [5.41, 5.74) is 0.415. The van der Waals surface area contributed by atoms with Gasteiger partial charge in [0.05, 0.1) is 17.4 Å². The summed E-state index contributed by atoms with van der Waals surface area (Å²) in [6.45, 7) is 3.23. The maximum absolute atomic E-state index is 12.9. The van der Waals surface area contributed by atoms with E-state index in [4.69, 9.17) is 21.1 Å². The van der Waals surface area contributed by atoms with Gasteiger partial charge in [-0.3, -0.25) is 14.5 Å². The van der Waals surface area contributed by atoms with Gasteiger partial charge in [0.25, 0.3) is 11.5 Å². The molecule has 2 aromatic carbocycles. The third-order valence-corrected chi connectivity index (χ3v) is 5.79. The van der Waals surface area contributed by atoms with Crippen LogP contribution in [-0.2, 0) is 11.3 Å². The predicted molar refractivity (Wildman–Crippen MR) is 116 cm³/mol. The van der Waals surface area contributed by atoms with Gasteiger partial charge in [0, 0.05) is 31.2 Å². The standard InChI is InChI=1S/C22H21ClN4O4/c23-14-5-6-16-15(11-14)21(28)25-20(24-16)12-26-7-9-27(10-8-26)22(29)19-13-30-17-3-1-2-4-18(17)31-19/h1-6,11,19H,7-10,12-13H2,(H,24,25,28)/t19-/m1/s1. The zero-order valence-electron chi connectivity index (χ0n) is 16.7. The van der Waals surface area contributed by atoms with E-state index in [-0.39, 0.29) is 18.1 Å². The number of carbonyl (C=O) groups excluding carboxylic acids is 1. The van der Waals surface area contributed by atoms with Crippen molar-refractivity contribution in [2.75, 3.05) is 32.8 Å². The largest absolute Gasteiger partial charge is 0.485 e. The lowest BCUT2D eigenvalue weighted by atomic mass is 10.2. The van der Waals surface area contributed by atoms with Crippen LogP contribution in [0.25, 0.3) is 10.9 Å². The number of ether oxygens (including phenoxy) is 2. The molecule has 9 heteroatoms. The van der Waals surface area contributed by atoms with Gasteiger partial charge in [0.15, 0.2) is 11.5 Å². The Morgan fingerprint density at radius 1 is 1.13 bits per heavy atom. The van der Waals surface area contributed by atoms with E-state index in [1.807, 2.05) is 18.2 Å². The molecule has 0 radical (unpaired) electrons. The maximum Gasteiger partial charge on any atom is 0.267 e. The number of amides is 1. The molecule has 0 spiro atoms. The molecule has 1 aromatic heterocycles. The molecule has 0 aliphatic carbocycles. The normalized spacial score (nSPS) is 18.9. The lowest BCUT2D eigenvalue weighted by Crippen LogP contribution is -2.53. The highest BCUT2D eigenvalue weighted by Crippen LogP contribution is 2.31. The molecule has 160 valence electrons. The van der Waals surface area contributed by atoms with Gasteiger partial charge in [0.2, 0.25) is 6.10 Å². The predicted octanol–water partition coefficient (Wildman–Crippen LogP) is 2.06. The smallest absolute Gasteiger partial charge is 0.267 e. The van der Waals surface area contributed by atoms with Gasteiger partial charge in [-0.05, 0) is 30.3 Å². The van der Waals surface area contributed by atoms with Crippen LogP contribution in [0.5, 0.6) is 11.5 Å². The second-order valence-electron chi connectivity index (χ2n) is 7.64. The van der Waals surface area contributed by atoms with Crippen molar-refractivity contribution >= 4 is 28.4 Å². The number of nitrogens with zero attached hydrogens (tertiary/aromatic N) is 3. The molecule has 1 N–H and O–H groups in total. The van der Waals surface area contributed by atoms with Gasteiger partial charge < -0.3 is 19.4 Å². The summed E-state index contributed by atoms with van der Waals surface area (Å²) < 4.78 is 11.5. The lowest BCUT2D eigenvalue weighted by molar-refractivity contribution is -0.143. The van der Waals surface area contributed by atoms with Gasteiger partial charge in [-0.2, -0.15) is 0 Å². The van der Waals surface area contributed by atoms with Crippen molar-refractivity contribution < 1.29 is 14.3 Å². The molecule has 2 aliphatic rings. The van der Waals surface area contributed by atoms with E-state index in [0.29, 0.717) is 66.0 Å². The first-order chi connectivity index (χ1) is 15.1. The molecule has 1 saturated heterocycles. The lowest BCUT2D eigenvalue weighted by Gasteiger charge is -2.37. The van der Waals surface area contributed by atoms with Crippen LogP contribution in [0.1, 0.15) is 5.82 Å². The van der Waals surface area contributed by atoms with Crippen molar-refractivity contribution in [1.82, 2.24) is 19.8 Å². The van der Waals surface area contributed by atoms with Crippen molar-refractivity contribution in [3.05, 3.63) is 63.7 Å². The summed E-state index contributed by atoms with van der Waals surface area (Å²) in [6.07, 6.45) is -0.633. The van der Waals surface area contributed by atoms with E-state index in [0.717, 1.165) is 0 Å². The van der Waals surface area contributed by atoms with Crippen LogP contribution in [-0.4, -0.2) is 64.6 Å². The van der Waals surface area contributed by atoms with E-state index < -0.39 is 6.10 Å². The first kappa shape index (κ1) is 19.8. The van der Waals surface area contributed by atoms with Crippen LogP contribution in [0.15, 0.2) is 47.3 Å². The van der Waals surface area contributed by atoms with E-state index in [9.17, 15) is 9.59 Å². The number of hydrogen-bond acceptors (Lipinski definition) is 6. The Morgan fingerprint density at radius 3 is 2.71 bits per heavy atom. The zero-order chi connectivity index (χ0) is 21.4. The number of carbonyl (C=O) groups is 1. The molecule has 2 aliphatic heterocycles. The molecule has 1 fully saturated rings. The highest BCUT2D eigenvalue weighted by Gasteiger charge is 2.32. The van der Waals surface area contributed by atoms with Crippen molar-refractivity contribution in [3.63, 3.8) is 0 Å². The number of halogens is 1. The number of nitrogens with one attached hydrogen (secondary N) is 1. The third-order valence-electron chi connectivity index (χ3n) is 5.56. The molecular weight excluding hydrogens is 420 g/mol. The van der Waals surface area contributed by atoms with Crippen LogP contribution in [0.4, 0.5) is 0 Å². The minimum absolute atomic E-state index is 0.0664. The monoisotopic (exact) mass is 440 g/mol. The number of aromatic nitrogens is 2. The number of hydrogen-bond donors (Lipinski definition) is 1. The van der Waals surface area contributed by atoms with E-state index in [2.05, 4.69) is 14.9 Å². The Hall–Kier alpha value is -3.10. The Balaban J connectivity index is 1.20. The van der Waals surface area contributed by atoms with Crippen LogP contribution >= 0.6 is 11.6 Å². The van der Waals surface area contributed by atoms with Crippen molar-refractivity contribution in [2.24, 2.45) is 0 Å². The fourth-order valence-electron chi connectivity index (χ4n) is 3.92. The molecular formula is C22H21ClN4O4. The van der Waals surface area contributed by atoms with Crippen molar-refractivity contribution in [2.45, 2.75) is 12.6 Å². The number of rotatable bonds is 3. The van der Waals surface area contributed by atoms with Gasteiger partial charge >= 0.3 is 0 Å². The summed E-state index contributed by atoms with van der Waals surface area (Å²) in [4.78, 5) is 36.6. The first-order valence-corrected chi connectivity index (χ1v) is 10.5. The van der Waals surface area contributed by atoms with Gasteiger partial charge in [-0.1, -0.05) is 23.7 Å². The summed E-state index contributed by atoms with van der Waals surface area (Å²) >= 11 is 5.97. The average molecular weight is 441 g/mol. The number of H-pyrrole nitrogens is 1. The Kier molecular flexibility index (Phi) is 5.25. The molecule has 31 heavy (non-hydrogen) atoms. The summed E-state index contributed by atoms with van der Waals surface area (Å²) in [5.74, 6) is 1.79. The summed E-state index contributed by atoms with van der Waals surface area (Å²) in [6, 6.07) is 12.4. The van der Waals surface area contributed by atoms with Gasteiger partial charge in [-0.15, -0.1) is 0 Å². The highest BCUT2D eigenvalue weighted by molar-refractivity contribution is 6.31. The number of aromatic amines is 1. The number of benzene rings is 2. The quantitative estimate of drug-likeness (QED) is 0.670. The van der Waals surface area contributed by atoms with E-state index in [1.165, 1.54) is 0 Å². The van der Waals surface area contributed by atoms with Gasteiger partial charge in [0.1, 0.15) is 12.4 Å². The van der Waals surface area contributed by atoms with Crippen molar-refractivity contribution in [1.29, 1.82) is 0 Å². The second-order valence-corrected chi connectivity index (χ2v) is 8.08. The third kappa shape index (κ3) is 4.08. The Labute approximate surface area is 183 Å². The minimum atomic E-state index is -0.633. The fraction of sp³-hybridized carbons (Fsp3) is 0.318. The van der Waals surface area contributed by atoms with Crippen LogP contribution in [0.2, 0.25) is 5.02 Å². The number of fused-ring (bicyclic) bond motifs is 2. The maximum atomic E-state index is 12.9. The topological polar surface area (TPSA) is 87.8 Å².